The highest BCUT2D eigenvalue weighted by molar-refractivity contribution is 5.94. The van der Waals surface area contributed by atoms with Crippen LogP contribution in [0.25, 0.3) is 0 Å². The molecule has 1 atom stereocenters. The third-order valence-electron chi connectivity index (χ3n) is 3.83. The van der Waals surface area contributed by atoms with E-state index in [0.717, 1.165) is 18.0 Å². The predicted octanol–water partition coefficient (Wildman–Crippen LogP) is 1.84. The first kappa shape index (κ1) is 15.3. The Morgan fingerprint density at radius 1 is 1.26 bits per heavy atom. The number of hydrogen-bond donors (Lipinski definition) is 0. The minimum absolute atomic E-state index is 0.0105. The lowest BCUT2D eigenvalue weighted by atomic mass is 10.2. The number of amides is 1. The molecule has 3 heterocycles. The normalized spacial score (nSPS) is 17.1. The standard InChI is InChI=1S/C17H20N4O2/c1-20(2)16-15(4-3-8-19-16)23-14-7-11-21(12-14)17(22)13-5-9-18-10-6-13/h3-6,8-10,14H,7,11-12H2,1-2H3/t14-/m1/s1. The van der Waals surface area contributed by atoms with Gasteiger partial charge in [-0.3, -0.25) is 9.78 Å². The summed E-state index contributed by atoms with van der Waals surface area (Å²) < 4.78 is 6.07. The maximum Gasteiger partial charge on any atom is 0.254 e. The smallest absolute Gasteiger partial charge is 0.254 e. The average molecular weight is 312 g/mol. The van der Waals surface area contributed by atoms with Crippen molar-refractivity contribution in [2.45, 2.75) is 12.5 Å². The summed E-state index contributed by atoms with van der Waals surface area (Å²) in [6, 6.07) is 7.25. The number of carbonyl (C=O) groups is 1. The van der Waals surface area contributed by atoms with E-state index in [1.165, 1.54) is 0 Å². The summed E-state index contributed by atoms with van der Waals surface area (Å²) in [6.45, 7) is 1.28. The lowest BCUT2D eigenvalue weighted by Crippen LogP contribution is -2.31. The summed E-state index contributed by atoms with van der Waals surface area (Å²) in [7, 11) is 3.87. The highest BCUT2D eigenvalue weighted by Gasteiger charge is 2.29. The first-order chi connectivity index (χ1) is 11.1. The van der Waals surface area contributed by atoms with Crippen LogP contribution in [0.1, 0.15) is 16.8 Å². The lowest BCUT2D eigenvalue weighted by Gasteiger charge is -2.20. The van der Waals surface area contributed by atoms with E-state index in [2.05, 4.69) is 9.97 Å². The van der Waals surface area contributed by atoms with Crippen molar-refractivity contribution in [1.29, 1.82) is 0 Å². The summed E-state index contributed by atoms with van der Waals surface area (Å²) >= 11 is 0. The number of aromatic nitrogens is 2. The second-order valence-corrected chi connectivity index (χ2v) is 5.74. The van der Waals surface area contributed by atoms with E-state index in [9.17, 15) is 4.79 Å². The molecule has 0 unspecified atom stereocenters. The zero-order valence-electron chi connectivity index (χ0n) is 13.3. The van der Waals surface area contributed by atoms with E-state index >= 15 is 0 Å². The maximum absolute atomic E-state index is 12.4. The molecule has 0 saturated carbocycles. The highest BCUT2D eigenvalue weighted by Crippen LogP contribution is 2.27. The van der Waals surface area contributed by atoms with Gasteiger partial charge in [0.05, 0.1) is 6.54 Å². The van der Waals surface area contributed by atoms with Crippen molar-refractivity contribution in [1.82, 2.24) is 14.9 Å². The summed E-state index contributed by atoms with van der Waals surface area (Å²) in [5, 5.41) is 0. The van der Waals surface area contributed by atoms with E-state index in [1.54, 1.807) is 30.7 Å². The molecule has 23 heavy (non-hydrogen) atoms. The summed E-state index contributed by atoms with van der Waals surface area (Å²) in [5.41, 5.74) is 0.663. The molecule has 1 fully saturated rings. The van der Waals surface area contributed by atoms with Crippen LogP contribution in [0.4, 0.5) is 5.82 Å². The van der Waals surface area contributed by atoms with Crippen molar-refractivity contribution in [3.05, 3.63) is 48.4 Å². The first-order valence-electron chi connectivity index (χ1n) is 7.63. The van der Waals surface area contributed by atoms with Crippen LogP contribution < -0.4 is 9.64 Å². The van der Waals surface area contributed by atoms with Gasteiger partial charge in [-0.1, -0.05) is 0 Å². The Hall–Kier alpha value is -2.63. The quantitative estimate of drug-likeness (QED) is 0.862. The SMILES string of the molecule is CN(C)c1ncccc1O[C@@H]1CCN(C(=O)c2ccncc2)C1. The summed E-state index contributed by atoms with van der Waals surface area (Å²) in [6.07, 6.45) is 5.82. The van der Waals surface area contributed by atoms with Crippen molar-refractivity contribution in [3.63, 3.8) is 0 Å². The highest BCUT2D eigenvalue weighted by atomic mass is 16.5. The molecule has 2 aromatic heterocycles. The molecule has 0 bridgehead atoms. The Morgan fingerprint density at radius 3 is 2.78 bits per heavy atom. The number of nitrogens with zero attached hydrogens (tertiary/aromatic N) is 4. The maximum atomic E-state index is 12.4. The molecule has 120 valence electrons. The molecular formula is C17H20N4O2. The van der Waals surface area contributed by atoms with E-state index in [0.29, 0.717) is 18.7 Å². The van der Waals surface area contributed by atoms with Gasteiger partial charge in [0, 0.05) is 51.2 Å². The van der Waals surface area contributed by atoms with E-state index in [4.69, 9.17) is 4.74 Å². The number of pyridine rings is 2. The van der Waals surface area contributed by atoms with Crippen LogP contribution in [0.5, 0.6) is 5.75 Å². The fourth-order valence-corrected chi connectivity index (χ4v) is 2.68. The van der Waals surface area contributed by atoms with Crippen LogP contribution in [0, 0.1) is 0 Å². The van der Waals surface area contributed by atoms with Gasteiger partial charge >= 0.3 is 0 Å². The van der Waals surface area contributed by atoms with Gasteiger partial charge in [-0.25, -0.2) is 4.98 Å². The number of anilines is 1. The molecule has 1 amide bonds. The van der Waals surface area contributed by atoms with Crippen molar-refractivity contribution in [2.24, 2.45) is 0 Å². The Balaban J connectivity index is 1.66. The Kier molecular flexibility index (Phi) is 4.41. The minimum atomic E-state index is -0.0105. The molecule has 6 nitrogen and oxygen atoms in total. The van der Waals surface area contributed by atoms with Crippen LogP contribution in [-0.2, 0) is 0 Å². The molecule has 1 aliphatic heterocycles. The molecule has 1 aliphatic rings. The Labute approximate surface area is 135 Å². The largest absolute Gasteiger partial charge is 0.485 e. The number of hydrogen-bond acceptors (Lipinski definition) is 5. The molecule has 0 radical (unpaired) electrons. The van der Waals surface area contributed by atoms with Crippen molar-refractivity contribution < 1.29 is 9.53 Å². The fraction of sp³-hybridized carbons (Fsp3) is 0.353. The van der Waals surface area contributed by atoms with Gasteiger partial charge in [0.1, 0.15) is 6.10 Å². The fourth-order valence-electron chi connectivity index (χ4n) is 2.68. The van der Waals surface area contributed by atoms with Crippen LogP contribution in [-0.4, -0.2) is 54.1 Å². The predicted molar refractivity (Wildman–Crippen MR) is 87.7 cm³/mol. The topological polar surface area (TPSA) is 58.6 Å². The van der Waals surface area contributed by atoms with Crippen LogP contribution in [0.2, 0.25) is 0 Å². The number of carbonyl (C=O) groups excluding carboxylic acids is 1. The third kappa shape index (κ3) is 3.41. The van der Waals surface area contributed by atoms with Gasteiger partial charge in [0.2, 0.25) is 0 Å². The summed E-state index contributed by atoms with van der Waals surface area (Å²) in [4.78, 5) is 24.5. The van der Waals surface area contributed by atoms with Gasteiger partial charge < -0.3 is 14.5 Å². The average Bonchev–Trinajstić information content (AvgIpc) is 3.04. The van der Waals surface area contributed by atoms with Crippen molar-refractivity contribution in [2.75, 3.05) is 32.1 Å². The van der Waals surface area contributed by atoms with Gasteiger partial charge in [-0.05, 0) is 24.3 Å². The summed E-state index contributed by atoms with van der Waals surface area (Å²) in [5.74, 6) is 1.57. The number of ether oxygens (including phenoxy) is 1. The molecule has 0 N–H and O–H groups in total. The number of likely N-dealkylation sites (tertiary alicyclic amines) is 1. The molecule has 6 heteroatoms. The van der Waals surface area contributed by atoms with E-state index in [-0.39, 0.29) is 12.0 Å². The van der Waals surface area contributed by atoms with Gasteiger partial charge in [-0.15, -0.1) is 0 Å². The molecule has 2 aromatic rings. The molecule has 1 saturated heterocycles. The second-order valence-electron chi connectivity index (χ2n) is 5.74. The second kappa shape index (κ2) is 6.64. The Morgan fingerprint density at radius 2 is 2.04 bits per heavy atom. The molecule has 0 aromatic carbocycles. The first-order valence-corrected chi connectivity index (χ1v) is 7.63. The van der Waals surface area contributed by atoms with Crippen LogP contribution in [0.15, 0.2) is 42.9 Å². The van der Waals surface area contributed by atoms with Gasteiger partial charge in [-0.2, -0.15) is 0 Å². The molecule has 3 rings (SSSR count). The monoisotopic (exact) mass is 312 g/mol. The minimum Gasteiger partial charge on any atom is -0.485 e. The third-order valence-corrected chi connectivity index (χ3v) is 3.83. The molecular weight excluding hydrogens is 292 g/mol. The van der Waals surface area contributed by atoms with Crippen LogP contribution >= 0.6 is 0 Å². The lowest BCUT2D eigenvalue weighted by molar-refractivity contribution is 0.0772. The zero-order chi connectivity index (χ0) is 16.2. The van der Waals surface area contributed by atoms with Crippen molar-refractivity contribution >= 4 is 11.7 Å². The number of rotatable bonds is 4. The van der Waals surface area contributed by atoms with Gasteiger partial charge in [0.15, 0.2) is 11.6 Å². The van der Waals surface area contributed by atoms with Crippen LogP contribution in [0.3, 0.4) is 0 Å². The molecule has 0 aliphatic carbocycles. The Bertz CT molecular complexity index is 675. The van der Waals surface area contributed by atoms with Gasteiger partial charge in [0.25, 0.3) is 5.91 Å². The van der Waals surface area contributed by atoms with Crippen molar-refractivity contribution in [3.8, 4) is 5.75 Å². The zero-order valence-corrected chi connectivity index (χ0v) is 13.3. The van der Waals surface area contributed by atoms with E-state index in [1.807, 2.05) is 36.0 Å². The van der Waals surface area contributed by atoms with E-state index < -0.39 is 0 Å². The molecule has 0 spiro atoms.